The lowest BCUT2D eigenvalue weighted by Gasteiger charge is -2.44. The maximum absolute atomic E-state index is 13.3. The molecule has 1 N–H and O–H groups in total. The van der Waals surface area contributed by atoms with Gasteiger partial charge in [0, 0.05) is 17.5 Å². The second kappa shape index (κ2) is 8.87. The molecule has 0 radical (unpaired) electrons. The number of nitrogens with zero attached hydrogens (tertiary/aromatic N) is 1. The number of rotatable bonds is 6. The third-order valence-electron chi connectivity index (χ3n) is 7.84. The molecule has 1 heterocycles. The lowest BCUT2D eigenvalue weighted by molar-refractivity contribution is 0.162. The van der Waals surface area contributed by atoms with Crippen molar-refractivity contribution in [3.8, 4) is 11.5 Å². The number of benzene rings is 3. The molecule has 5 rings (SSSR count). The molecule has 1 saturated carbocycles. The fourth-order valence-corrected chi connectivity index (χ4v) is 7.31. The first-order chi connectivity index (χ1) is 16.4. The van der Waals surface area contributed by atoms with Crippen LogP contribution in [-0.2, 0) is 15.4 Å². The minimum atomic E-state index is -3.61. The van der Waals surface area contributed by atoms with E-state index in [0.29, 0.717) is 4.90 Å². The number of fused-ring (bicyclic) bond motifs is 2. The van der Waals surface area contributed by atoms with Crippen LogP contribution in [0.25, 0.3) is 10.8 Å². The Hall–Kier alpha value is -2.61. The summed E-state index contributed by atoms with van der Waals surface area (Å²) in [6, 6.07) is 19.5. The number of likely N-dealkylation sites (tertiary alicyclic amines) is 1. The van der Waals surface area contributed by atoms with Crippen molar-refractivity contribution in [2.45, 2.75) is 48.1 Å². The summed E-state index contributed by atoms with van der Waals surface area (Å²) < 4.78 is 40.6. The fourth-order valence-electron chi connectivity index (χ4n) is 5.99. The minimum absolute atomic E-state index is 0.0147. The molecule has 0 bridgehead atoms. The average molecular weight is 481 g/mol. The largest absolute Gasteiger partial charge is 0.493 e. The first kappa shape index (κ1) is 23.1. The molecule has 7 heteroatoms. The van der Waals surface area contributed by atoms with Gasteiger partial charge in [0.05, 0.1) is 19.1 Å². The van der Waals surface area contributed by atoms with Crippen LogP contribution in [-0.4, -0.2) is 53.2 Å². The first-order valence-electron chi connectivity index (χ1n) is 11.8. The van der Waals surface area contributed by atoms with Crippen LogP contribution in [0.15, 0.2) is 65.6 Å². The van der Waals surface area contributed by atoms with Crippen LogP contribution in [0.2, 0.25) is 0 Å². The van der Waals surface area contributed by atoms with E-state index in [0.717, 1.165) is 54.5 Å². The smallest absolute Gasteiger partial charge is 0.240 e. The topological polar surface area (TPSA) is 67.9 Å². The molecule has 2 fully saturated rings. The number of ether oxygens (including phenoxy) is 2. The van der Waals surface area contributed by atoms with Gasteiger partial charge in [0.2, 0.25) is 10.0 Å². The van der Waals surface area contributed by atoms with Crippen molar-refractivity contribution >= 4 is 20.8 Å². The molecule has 2 aliphatic rings. The van der Waals surface area contributed by atoms with Crippen LogP contribution >= 0.6 is 0 Å². The normalized spacial score (nSPS) is 25.3. The van der Waals surface area contributed by atoms with Crippen LogP contribution in [0.4, 0.5) is 0 Å². The molecular weight excluding hydrogens is 448 g/mol. The second-order valence-electron chi connectivity index (χ2n) is 9.57. The lowest BCUT2D eigenvalue weighted by atomic mass is 9.65. The van der Waals surface area contributed by atoms with Crippen molar-refractivity contribution in [3.05, 3.63) is 66.2 Å². The van der Waals surface area contributed by atoms with Gasteiger partial charge in [0.15, 0.2) is 11.5 Å². The van der Waals surface area contributed by atoms with E-state index in [4.69, 9.17) is 9.47 Å². The number of hydrogen-bond acceptors (Lipinski definition) is 5. The monoisotopic (exact) mass is 480 g/mol. The number of nitrogens with one attached hydrogen (secondary N) is 1. The summed E-state index contributed by atoms with van der Waals surface area (Å²) in [5, 5.41) is 1.96. The van der Waals surface area contributed by atoms with Gasteiger partial charge in [-0.15, -0.1) is 0 Å². The third kappa shape index (κ3) is 3.96. The number of likely N-dealkylation sites (N-methyl/N-ethyl adjacent to an activating group) is 1. The third-order valence-corrected chi connectivity index (χ3v) is 9.36. The SMILES string of the molecule is COc1ccc([C@@]23CC[C@@H](NS(=O)(=O)c4ccc5ccccc5c4)C[C@@H]2N(C)CC3)cc1OC. The van der Waals surface area contributed by atoms with Gasteiger partial charge in [-0.05, 0) is 79.9 Å². The zero-order chi connectivity index (χ0) is 23.9. The molecule has 1 aliphatic heterocycles. The first-order valence-corrected chi connectivity index (χ1v) is 13.3. The van der Waals surface area contributed by atoms with Crippen molar-refractivity contribution < 1.29 is 17.9 Å². The Morgan fingerprint density at radius 2 is 1.71 bits per heavy atom. The molecule has 3 aromatic carbocycles. The second-order valence-corrected chi connectivity index (χ2v) is 11.3. The number of sulfonamides is 1. The van der Waals surface area contributed by atoms with Gasteiger partial charge >= 0.3 is 0 Å². The van der Waals surface area contributed by atoms with Gasteiger partial charge in [0.25, 0.3) is 0 Å². The van der Waals surface area contributed by atoms with Gasteiger partial charge in [-0.3, -0.25) is 0 Å². The molecule has 3 atom stereocenters. The Bertz CT molecular complexity index is 1310. The molecule has 34 heavy (non-hydrogen) atoms. The van der Waals surface area contributed by atoms with Gasteiger partial charge < -0.3 is 14.4 Å². The van der Waals surface area contributed by atoms with Gasteiger partial charge in [-0.2, -0.15) is 0 Å². The molecular formula is C27H32N2O4S. The van der Waals surface area contributed by atoms with E-state index in [2.05, 4.69) is 28.8 Å². The zero-order valence-electron chi connectivity index (χ0n) is 20.0. The summed E-state index contributed by atoms with van der Waals surface area (Å²) in [5.74, 6) is 1.46. The molecule has 0 unspecified atom stereocenters. The molecule has 0 aromatic heterocycles. The van der Waals surface area contributed by atoms with E-state index < -0.39 is 10.0 Å². The summed E-state index contributed by atoms with van der Waals surface area (Å²) >= 11 is 0. The van der Waals surface area contributed by atoms with Gasteiger partial charge in [0.1, 0.15) is 0 Å². The van der Waals surface area contributed by atoms with Crippen molar-refractivity contribution in [3.63, 3.8) is 0 Å². The molecule has 0 amide bonds. The Morgan fingerprint density at radius 3 is 2.47 bits per heavy atom. The van der Waals surface area contributed by atoms with Crippen LogP contribution in [0, 0.1) is 0 Å². The van der Waals surface area contributed by atoms with Crippen molar-refractivity contribution in [1.29, 1.82) is 0 Å². The van der Waals surface area contributed by atoms with E-state index in [9.17, 15) is 8.42 Å². The standard InChI is InChI=1S/C27H32N2O4S/c1-29-15-14-27(21-9-11-24(32-2)25(17-21)33-3)13-12-22(18-26(27)29)28-34(30,31)23-10-8-19-6-4-5-7-20(19)16-23/h4-11,16-17,22,26,28H,12-15,18H2,1-3H3/t22-,26+,27+/m1/s1. The fraction of sp³-hybridized carbons (Fsp3) is 0.407. The average Bonchev–Trinajstić information content (AvgIpc) is 3.20. The van der Waals surface area contributed by atoms with E-state index in [1.807, 2.05) is 36.4 Å². The molecule has 6 nitrogen and oxygen atoms in total. The van der Waals surface area contributed by atoms with E-state index in [1.165, 1.54) is 5.56 Å². The van der Waals surface area contributed by atoms with Crippen LogP contribution in [0.1, 0.15) is 31.2 Å². The van der Waals surface area contributed by atoms with E-state index in [-0.39, 0.29) is 17.5 Å². The maximum atomic E-state index is 13.3. The summed E-state index contributed by atoms with van der Waals surface area (Å²) in [4.78, 5) is 2.70. The number of hydrogen-bond donors (Lipinski definition) is 1. The highest BCUT2D eigenvalue weighted by Gasteiger charge is 2.51. The van der Waals surface area contributed by atoms with Crippen molar-refractivity contribution in [2.24, 2.45) is 0 Å². The van der Waals surface area contributed by atoms with Crippen LogP contribution in [0.5, 0.6) is 11.5 Å². The Morgan fingerprint density at radius 1 is 0.941 bits per heavy atom. The quantitative estimate of drug-likeness (QED) is 0.569. The summed E-state index contributed by atoms with van der Waals surface area (Å²) in [6.45, 7) is 0.989. The molecule has 0 spiro atoms. The van der Waals surface area contributed by atoms with E-state index in [1.54, 1.807) is 26.4 Å². The molecule has 3 aromatic rings. The zero-order valence-corrected chi connectivity index (χ0v) is 20.8. The van der Waals surface area contributed by atoms with E-state index >= 15 is 0 Å². The van der Waals surface area contributed by atoms with Crippen LogP contribution < -0.4 is 14.2 Å². The highest BCUT2D eigenvalue weighted by Crippen LogP contribution is 2.50. The Labute approximate surface area is 201 Å². The minimum Gasteiger partial charge on any atom is -0.493 e. The maximum Gasteiger partial charge on any atom is 0.240 e. The molecule has 1 saturated heterocycles. The predicted octanol–water partition coefficient (Wildman–Crippen LogP) is 4.33. The molecule has 180 valence electrons. The number of methoxy groups -OCH3 is 2. The van der Waals surface area contributed by atoms with Gasteiger partial charge in [-0.1, -0.05) is 36.4 Å². The Balaban J connectivity index is 1.39. The summed E-state index contributed by atoms with van der Waals surface area (Å²) in [6.07, 6.45) is 3.54. The lowest BCUT2D eigenvalue weighted by Crippen LogP contribution is -2.51. The summed E-state index contributed by atoms with van der Waals surface area (Å²) in [5.41, 5.74) is 1.23. The van der Waals surface area contributed by atoms with Gasteiger partial charge in [-0.25, -0.2) is 13.1 Å². The highest BCUT2D eigenvalue weighted by atomic mass is 32.2. The predicted molar refractivity (Wildman–Crippen MR) is 134 cm³/mol. The molecule has 1 aliphatic carbocycles. The highest BCUT2D eigenvalue weighted by molar-refractivity contribution is 7.89. The van der Waals surface area contributed by atoms with Crippen molar-refractivity contribution in [1.82, 2.24) is 9.62 Å². The summed E-state index contributed by atoms with van der Waals surface area (Å²) in [7, 11) is 1.85. The van der Waals surface area contributed by atoms with Crippen LogP contribution in [0.3, 0.4) is 0 Å². The Kier molecular flexibility index (Phi) is 6.04. The van der Waals surface area contributed by atoms with Crippen molar-refractivity contribution in [2.75, 3.05) is 27.8 Å².